The molecule has 3 rings (SSSR count). The number of allylic oxidation sites excluding steroid dienone is 3. The van der Waals surface area contributed by atoms with Gasteiger partial charge in [0.05, 0.1) is 11.6 Å². The second-order valence-electron chi connectivity index (χ2n) is 5.22. The number of nitrogens with two attached hydrogens (primary N) is 1. The molecule has 0 aromatic carbocycles. The van der Waals surface area contributed by atoms with E-state index >= 15 is 0 Å². The Balaban J connectivity index is 1.94. The van der Waals surface area contributed by atoms with Crippen LogP contribution in [0.2, 0.25) is 0 Å². The van der Waals surface area contributed by atoms with Crippen molar-refractivity contribution in [2.45, 2.75) is 25.3 Å². The largest absolute Gasteiger partial charge is 0.490 e. The van der Waals surface area contributed by atoms with Crippen molar-refractivity contribution in [1.82, 2.24) is 0 Å². The maximum Gasteiger partial charge on any atom is 0.282 e. The Labute approximate surface area is 106 Å². The maximum absolute atomic E-state index is 9.16. The Bertz CT molecular complexity index is 527. The summed E-state index contributed by atoms with van der Waals surface area (Å²) in [6.45, 7) is 2.99. The molecule has 0 amide bonds. The summed E-state index contributed by atoms with van der Waals surface area (Å²) in [5, 5.41) is 9.16. The number of ether oxygens (including phenoxy) is 2. The van der Waals surface area contributed by atoms with Gasteiger partial charge in [0.2, 0.25) is 0 Å². The van der Waals surface area contributed by atoms with Crippen molar-refractivity contribution in [3.05, 3.63) is 23.0 Å². The molecule has 2 N–H and O–H groups in total. The molecule has 0 aromatic rings. The van der Waals surface area contributed by atoms with E-state index in [4.69, 9.17) is 20.5 Å². The third-order valence-electron chi connectivity index (χ3n) is 3.55. The van der Waals surface area contributed by atoms with Gasteiger partial charge in [-0.25, -0.2) is 4.99 Å². The molecular formula is C13H15N3O2. The van der Waals surface area contributed by atoms with Crippen LogP contribution in [0.4, 0.5) is 0 Å². The second kappa shape index (κ2) is 3.77. The van der Waals surface area contributed by atoms with Gasteiger partial charge in [-0.05, 0) is 17.9 Å². The van der Waals surface area contributed by atoms with Crippen LogP contribution in [-0.4, -0.2) is 24.8 Å². The number of aliphatic imine (C=N–C) groups is 1. The Morgan fingerprint density at radius 3 is 2.94 bits per heavy atom. The van der Waals surface area contributed by atoms with Gasteiger partial charge in [0.1, 0.15) is 24.5 Å². The van der Waals surface area contributed by atoms with E-state index in [2.05, 4.69) is 24.1 Å². The number of hydrogen-bond donors (Lipinski definition) is 1. The number of nitriles is 1. The Morgan fingerprint density at radius 1 is 1.50 bits per heavy atom. The predicted molar refractivity (Wildman–Crippen MR) is 65.4 cm³/mol. The highest BCUT2D eigenvalue weighted by atomic mass is 16.5. The van der Waals surface area contributed by atoms with E-state index in [0.29, 0.717) is 19.1 Å². The molecule has 1 fully saturated rings. The summed E-state index contributed by atoms with van der Waals surface area (Å²) in [5.41, 5.74) is 7.00. The average Bonchev–Trinajstić information content (AvgIpc) is 2.68. The molecule has 3 aliphatic rings. The molecule has 2 heterocycles. The zero-order valence-electron chi connectivity index (χ0n) is 10.3. The van der Waals surface area contributed by atoms with Gasteiger partial charge in [-0.1, -0.05) is 13.0 Å². The number of hydrogen-bond acceptors (Lipinski definition) is 5. The van der Waals surface area contributed by atoms with Crippen molar-refractivity contribution in [3.8, 4) is 6.07 Å². The summed E-state index contributed by atoms with van der Waals surface area (Å²) in [5.74, 6) is 1.11. The first-order valence-corrected chi connectivity index (χ1v) is 6.07. The van der Waals surface area contributed by atoms with E-state index in [1.54, 1.807) is 0 Å². The molecule has 5 heteroatoms. The Kier molecular flexibility index (Phi) is 2.34. The van der Waals surface area contributed by atoms with Crippen LogP contribution in [0.5, 0.6) is 0 Å². The van der Waals surface area contributed by atoms with Gasteiger partial charge in [0.25, 0.3) is 6.02 Å². The van der Waals surface area contributed by atoms with Gasteiger partial charge in [0.15, 0.2) is 0 Å². The van der Waals surface area contributed by atoms with E-state index in [1.165, 1.54) is 0 Å². The lowest BCUT2D eigenvalue weighted by molar-refractivity contribution is 0.0968. The SMILES string of the molecule is CC1C=C2CC3(COC(N)=N3)COC2=C(C#N)C1. The zero-order valence-corrected chi connectivity index (χ0v) is 10.3. The van der Waals surface area contributed by atoms with Crippen LogP contribution in [0.3, 0.4) is 0 Å². The number of amidine groups is 1. The molecule has 2 aliphatic heterocycles. The van der Waals surface area contributed by atoms with Gasteiger partial charge < -0.3 is 15.2 Å². The minimum atomic E-state index is -0.392. The molecule has 0 saturated carbocycles. The summed E-state index contributed by atoms with van der Waals surface area (Å²) in [7, 11) is 0. The lowest BCUT2D eigenvalue weighted by atomic mass is 9.82. The second-order valence-corrected chi connectivity index (χ2v) is 5.22. The van der Waals surface area contributed by atoms with Gasteiger partial charge >= 0.3 is 0 Å². The van der Waals surface area contributed by atoms with E-state index in [9.17, 15) is 0 Å². The minimum Gasteiger partial charge on any atom is -0.490 e. The van der Waals surface area contributed by atoms with Crippen molar-refractivity contribution in [1.29, 1.82) is 5.26 Å². The van der Waals surface area contributed by atoms with Crippen LogP contribution in [0.1, 0.15) is 19.8 Å². The molecule has 1 aliphatic carbocycles. The van der Waals surface area contributed by atoms with Crippen LogP contribution in [-0.2, 0) is 9.47 Å². The zero-order chi connectivity index (χ0) is 12.8. The average molecular weight is 245 g/mol. The van der Waals surface area contributed by atoms with Crippen molar-refractivity contribution >= 4 is 6.02 Å². The molecule has 0 aromatic heterocycles. The summed E-state index contributed by atoms with van der Waals surface area (Å²) in [4.78, 5) is 4.35. The first kappa shape index (κ1) is 11.1. The fourth-order valence-electron chi connectivity index (χ4n) is 2.79. The molecular weight excluding hydrogens is 230 g/mol. The van der Waals surface area contributed by atoms with Crippen molar-refractivity contribution in [2.24, 2.45) is 16.6 Å². The number of fused-ring (bicyclic) bond motifs is 1. The third kappa shape index (κ3) is 1.65. The fraction of sp³-hybridized carbons (Fsp3) is 0.538. The van der Waals surface area contributed by atoms with E-state index in [-0.39, 0.29) is 6.02 Å². The maximum atomic E-state index is 9.16. The van der Waals surface area contributed by atoms with Gasteiger partial charge in [-0.15, -0.1) is 0 Å². The smallest absolute Gasteiger partial charge is 0.282 e. The van der Waals surface area contributed by atoms with Crippen LogP contribution in [0.25, 0.3) is 0 Å². The van der Waals surface area contributed by atoms with E-state index in [1.807, 2.05) is 0 Å². The monoisotopic (exact) mass is 245 g/mol. The highest BCUT2D eigenvalue weighted by Gasteiger charge is 2.43. The van der Waals surface area contributed by atoms with E-state index < -0.39 is 5.54 Å². The normalized spacial score (nSPS) is 34.1. The lowest BCUT2D eigenvalue weighted by Gasteiger charge is -2.35. The first-order chi connectivity index (χ1) is 8.62. The summed E-state index contributed by atoms with van der Waals surface area (Å²) < 4.78 is 11.0. The number of rotatable bonds is 0. The van der Waals surface area contributed by atoms with Gasteiger partial charge in [0, 0.05) is 6.42 Å². The Morgan fingerprint density at radius 2 is 2.28 bits per heavy atom. The minimum absolute atomic E-state index is 0.232. The molecule has 18 heavy (non-hydrogen) atoms. The molecule has 2 unspecified atom stereocenters. The van der Waals surface area contributed by atoms with Crippen molar-refractivity contribution < 1.29 is 9.47 Å². The molecule has 1 spiro atoms. The molecule has 2 atom stereocenters. The first-order valence-electron chi connectivity index (χ1n) is 6.07. The van der Waals surface area contributed by atoms with Crippen LogP contribution >= 0.6 is 0 Å². The van der Waals surface area contributed by atoms with Gasteiger partial charge in [-0.3, -0.25) is 0 Å². The molecule has 0 radical (unpaired) electrons. The van der Waals surface area contributed by atoms with Crippen LogP contribution in [0.15, 0.2) is 28.0 Å². The molecule has 94 valence electrons. The van der Waals surface area contributed by atoms with E-state index in [0.717, 1.165) is 29.7 Å². The van der Waals surface area contributed by atoms with Crippen LogP contribution < -0.4 is 5.73 Å². The molecule has 1 saturated heterocycles. The lowest BCUT2D eigenvalue weighted by Crippen LogP contribution is -2.39. The summed E-state index contributed by atoms with van der Waals surface area (Å²) >= 11 is 0. The summed E-state index contributed by atoms with van der Waals surface area (Å²) in [6, 6.07) is 2.48. The standard InChI is InChI=1S/C13H15N3O2/c1-8-2-9-4-13(7-18-12(15)16-13)6-17-11(9)10(3-8)5-14/h2,8H,3-4,6-7H2,1H3,(H2,15,16). The van der Waals surface area contributed by atoms with Crippen LogP contribution in [0, 0.1) is 17.2 Å². The Hall–Kier alpha value is -1.96. The summed E-state index contributed by atoms with van der Waals surface area (Å²) in [6.07, 6.45) is 3.66. The molecule has 5 nitrogen and oxygen atoms in total. The highest BCUT2D eigenvalue weighted by molar-refractivity contribution is 5.74. The molecule has 0 bridgehead atoms. The predicted octanol–water partition coefficient (Wildman–Crippen LogP) is 1.23. The third-order valence-corrected chi connectivity index (χ3v) is 3.55. The van der Waals surface area contributed by atoms with Crippen molar-refractivity contribution in [3.63, 3.8) is 0 Å². The quantitative estimate of drug-likeness (QED) is 0.696. The van der Waals surface area contributed by atoms with Crippen molar-refractivity contribution in [2.75, 3.05) is 13.2 Å². The fourth-order valence-corrected chi connectivity index (χ4v) is 2.79. The topological polar surface area (TPSA) is 80.6 Å². The van der Waals surface area contributed by atoms with Gasteiger partial charge in [-0.2, -0.15) is 5.26 Å². The number of nitrogens with zero attached hydrogens (tertiary/aromatic N) is 2. The highest BCUT2D eigenvalue weighted by Crippen LogP contribution is 2.40.